The molecular formula is C11H23ClN2O2S. The predicted molar refractivity (Wildman–Crippen MR) is 71.5 cm³/mol. The van der Waals surface area contributed by atoms with Crippen molar-refractivity contribution in [3.05, 3.63) is 0 Å². The van der Waals surface area contributed by atoms with E-state index in [1.807, 2.05) is 13.8 Å². The Morgan fingerprint density at radius 3 is 2.41 bits per heavy atom. The minimum absolute atomic E-state index is 0.0373. The number of hydrogen-bond acceptors (Lipinski definition) is 2. The zero-order valence-corrected chi connectivity index (χ0v) is 12.3. The third-order valence-electron chi connectivity index (χ3n) is 3.33. The molecule has 1 atom stereocenters. The molecule has 1 rings (SSSR count). The zero-order valence-electron chi connectivity index (χ0n) is 10.7. The Morgan fingerprint density at radius 1 is 1.24 bits per heavy atom. The smallest absolute Gasteiger partial charge is 0.195 e. The van der Waals surface area contributed by atoms with Gasteiger partial charge in [-0.15, -0.1) is 11.6 Å². The molecule has 0 aromatic carbocycles. The highest BCUT2D eigenvalue weighted by Crippen LogP contribution is 2.22. The van der Waals surface area contributed by atoms with Crippen LogP contribution in [0, 0.1) is 0 Å². The summed E-state index contributed by atoms with van der Waals surface area (Å²) in [7, 11) is -3.33. The maximum atomic E-state index is 12.5. The summed E-state index contributed by atoms with van der Waals surface area (Å²) in [6.45, 7) is 5.38. The van der Waals surface area contributed by atoms with Gasteiger partial charge in [-0.3, -0.25) is 0 Å². The molecule has 0 aliphatic carbocycles. The van der Waals surface area contributed by atoms with Gasteiger partial charge < -0.3 is 0 Å². The summed E-state index contributed by atoms with van der Waals surface area (Å²) in [5.41, 5.74) is 0. The first-order chi connectivity index (χ1) is 8.07. The van der Waals surface area contributed by atoms with Crippen molar-refractivity contribution in [2.75, 3.05) is 25.5 Å². The Hall–Kier alpha value is 0.160. The number of alkyl halides is 1. The summed E-state index contributed by atoms with van der Waals surface area (Å²) in [4.78, 5) is 0. The molecular weight excluding hydrogens is 260 g/mol. The highest BCUT2D eigenvalue weighted by atomic mass is 35.5. The molecule has 0 bridgehead atoms. The maximum absolute atomic E-state index is 12.5. The van der Waals surface area contributed by atoms with E-state index in [1.165, 1.54) is 4.31 Å². The van der Waals surface area contributed by atoms with Crippen molar-refractivity contribution in [1.29, 1.82) is 0 Å². The SMILES string of the molecule is CCN(CC)S(=O)(=O)N1CCCCCC1CCl. The summed E-state index contributed by atoms with van der Waals surface area (Å²) >= 11 is 5.92. The van der Waals surface area contributed by atoms with Crippen molar-refractivity contribution in [2.45, 2.75) is 45.6 Å². The minimum Gasteiger partial charge on any atom is -0.195 e. The van der Waals surface area contributed by atoms with Crippen molar-refractivity contribution in [3.63, 3.8) is 0 Å². The van der Waals surface area contributed by atoms with Gasteiger partial charge in [0.2, 0.25) is 0 Å². The van der Waals surface area contributed by atoms with Gasteiger partial charge in [-0.25, -0.2) is 0 Å². The van der Waals surface area contributed by atoms with Crippen LogP contribution < -0.4 is 0 Å². The van der Waals surface area contributed by atoms with Crippen LogP contribution in [0.3, 0.4) is 0 Å². The number of hydrogen-bond donors (Lipinski definition) is 0. The Balaban J connectivity index is 2.92. The Bertz CT molecular complexity index is 317. The first-order valence-electron chi connectivity index (χ1n) is 6.40. The summed E-state index contributed by atoms with van der Waals surface area (Å²) in [6, 6.07) is -0.0373. The van der Waals surface area contributed by atoms with Crippen LogP contribution in [0.25, 0.3) is 0 Å². The summed E-state index contributed by atoms with van der Waals surface area (Å²) in [5, 5.41) is 0. The molecule has 1 unspecified atom stereocenters. The molecule has 0 radical (unpaired) electrons. The molecule has 0 amide bonds. The van der Waals surface area contributed by atoms with Crippen LogP contribution in [0.1, 0.15) is 39.5 Å². The van der Waals surface area contributed by atoms with Crippen LogP contribution in [-0.4, -0.2) is 48.6 Å². The lowest BCUT2D eigenvalue weighted by molar-refractivity contribution is 0.305. The number of rotatable bonds is 5. The highest BCUT2D eigenvalue weighted by Gasteiger charge is 2.33. The van der Waals surface area contributed by atoms with E-state index in [1.54, 1.807) is 4.31 Å². The second kappa shape index (κ2) is 6.92. The lowest BCUT2D eigenvalue weighted by Crippen LogP contribution is -2.49. The van der Waals surface area contributed by atoms with Crippen molar-refractivity contribution in [2.24, 2.45) is 0 Å². The Kier molecular flexibility index (Phi) is 6.20. The van der Waals surface area contributed by atoms with E-state index in [-0.39, 0.29) is 6.04 Å². The van der Waals surface area contributed by atoms with Crippen molar-refractivity contribution in [1.82, 2.24) is 8.61 Å². The molecule has 1 heterocycles. The second-order valence-electron chi connectivity index (χ2n) is 4.36. The van der Waals surface area contributed by atoms with Gasteiger partial charge in [-0.05, 0) is 12.8 Å². The van der Waals surface area contributed by atoms with Gasteiger partial charge in [0.05, 0.1) is 0 Å². The average Bonchev–Trinajstić information content (AvgIpc) is 2.55. The van der Waals surface area contributed by atoms with Gasteiger partial charge in [-0.1, -0.05) is 26.7 Å². The molecule has 0 N–H and O–H groups in total. The Labute approximate surface area is 110 Å². The van der Waals surface area contributed by atoms with Crippen LogP contribution in [-0.2, 0) is 10.2 Å². The van der Waals surface area contributed by atoms with Crippen LogP contribution >= 0.6 is 11.6 Å². The molecule has 1 aliphatic rings. The molecule has 1 fully saturated rings. The van der Waals surface area contributed by atoms with Crippen molar-refractivity contribution >= 4 is 21.8 Å². The summed E-state index contributed by atoms with van der Waals surface area (Å²) in [5.74, 6) is 0.389. The van der Waals surface area contributed by atoms with E-state index in [4.69, 9.17) is 11.6 Å². The fraction of sp³-hybridized carbons (Fsp3) is 1.00. The fourth-order valence-corrected chi connectivity index (χ4v) is 4.58. The average molecular weight is 283 g/mol. The highest BCUT2D eigenvalue weighted by molar-refractivity contribution is 7.86. The number of nitrogens with zero attached hydrogens (tertiary/aromatic N) is 2. The third-order valence-corrected chi connectivity index (χ3v) is 5.93. The molecule has 4 nitrogen and oxygen atoms in total. The molecule has 17 heavy (non-hydrogen) atoms. The Morgan fingerprint density at radius 2 is 1.88 bits per heavy atom. The summed E-state index contributed by atoms with van der Waals surface area (Å²) < 4.78 is 28.0. The van der Waals surface area contributed by atoms with Gasteiger partial charge in [0.1, 0.15) is 0 Å². The van der Waals surface area contributed by atoms with Crippen LogP contribution in [0.5, 0.6) is 0 Å². The van der Waals surface area contributed by atoms with E-state index >= 15 is 0 Å². The second-order valence-corrected chi connectivity index (χ2v) is 6.55. The monoisotopic (exact) mass is 282 g/mol. The molecule has 0 aromatic heterocycles. The molecule has 6 heteroatoms. The third kappa shape index (κ3) is 3.56. The molecule has 102 valence electrons. The van der Waals surface area contributed by atoms with Gasteiger partial charge >= 0.3 is 0 Å². The first kappa shape index (κ1) is 15.2. The minimum atomic E-state index is -3.33. The predicted octanol–water partition coefficient (Wildman–Crippen LogP) is 2.06. The van der Waals surface area contributed by atoms with Crippen LogP contribution in [0.15, 0.2) is 0 Å². The molecule has 0 saturated carbocycles. The molecule has 1 saturated heterocycles. The molecule has 1 aliphatic heterocycles. The zero-order chi connectivity index (χ0) is 12.9. The van der Waals surface area contributed by atoms with Crippen LogP contribution in [0.4, 0.5) is 0 Å². The van der Waals surface area contributed by atoms with Gasteiger partial charge in [0, 0.05) is 31.6 Å². The van der Waals surface area contributed by atoms with E-state index in [9.17, 15) is 8.42 Å². The van der Waals surface area contributed by atoms with Gasteiger partial charge in [0.15, 0.2) is 0 Å². The standard InChI is InChI=1S/C11H23ClN2O2S/c1-3-13(4-2)17(15,16)14-9-7-5-6-8-11(14)10-12/h11H,3-10H2,1-2H3. The first-order valence-corrected chi connectivity index (χ1v) is 8.33. The van der Waals surface area contributed by atoms with Crippen LogP contribution in [0.2, 0.25) is 0 Å². The summed E-state index contributed by atoms with van der Waals surface area (Å²) in [6.07, 6.45) is 3.98. The molecule has 0 aromatic rings. The maximum Gasteiger partial charge on any atom is 0.282 e. The lowest BCUT2D eigenvalue weighted by atomic mass is 10.1. The lowest BCUT2D eigenvalue weighted by Gasteiger charge is -2.32. The quantitative estimate of drug-likeness (QED) is 0.724. The largest absolute Gasteiger partial charge is 0.282 e. The van der Waals surface area contributed by atoms with E-state index in [2.05, 4.69) is 0 Å². The van der Waals surface area contributed by atoms with E-state index < -0.39 is 10.2 Å². The van der Waals surface area contributed by atoms with Gasteiger partial charge in [-0.2, -0.15) is 17.0 Å². The molecule has 0 spiro atoms. The fourth-order valence-electron chi connectivity index (χ4n) is 2.31. The van der Waals surface area contributed by atoms with Gasteiger partial charge in [0.25, 0.3) is 10.2 Å². The van der Waals surface area contributed by atoms with Crippen molar-refractivity contribution in [3.8, 4) is 0 Å². The topological polar surface area (TPSA) is 40.6 Å². The normalized spacial score (nSPS) is 23.9. The van der Waals surface area contributed by atoms with Crippen molar-refractivity contribution < 1.29 is 8.42 Å². The van der Waals surface area contributed by atoms with E-state index in [0.717, 1.165) is 25.7 Å². The van der Waals surface area contributed by atoms with E-state index in [0.29, 0.717) is 25.5 Å². The number of halogens is 1.